The Morgan fingerprint density at radius 2 is 2.21 bits per heavy atom. The number of carbonyl (C=O) groups is 1. The van der Waals surface area contributed by atoms with Crippen molar-refractivity contribution in [1.29, 1.82) is 5.26 Å². The molecule has 0 radical (unpaired) electrons. The van der Waals surface area contributed by atoms with E-state index in [9.17, 15) is 4.79 Å². The third kappa shape index (κ3) is 5.46. The third-order valence-electron chi connectivity index (χ3n) is 2.61. The number of likely N-dealkylation sites (N-methyl/N-ethyl adjacent to an activating group) is 1. The summed E-state index contributed by atoms with van der Waals surface area (Å²) < 4.78 is 0. The number of hydrogen-bond donors (Lipinski definition) is 1. The zero-order valence-electron chi connectivity index (χ0n) is 11.2. The van der Waals surface area contributed by atoms with E-state index >= 15 is 0 Å². The summed E-state index contributed by atoms with van der Waals surface area (Å²) in [7, 11) is 3.87. The smallest absolute Gasteiger partial charge is 0.317 e. The van der Waals surface area contributed by atoms with Crippen LogP contribution in [-0.2, 0) is 11.3 Å². The largest absolute Gasteiger partial charge is 0.480 e. The third-order valence-corrected chi connectivity index (χ3v) is 2.61. The van der Waals surface area contributed by atoms with Crippen molar-refractivity contribution in [2.45, 2.75) is 6.54 Å². The van der Waals surface area contributed by atoms with Crippen molar-refractivity contribution in [2.75, 3.05) is 33.7 Å². The summed E-state index contributed by atoms with van der Waals surface area (Å²) >= 11 is 0. The van der Waals surface area contributed by atoms with E-state index < -0.39 is 5.97 Å². The highest BCUT2D eigenvalue weighted by Gasteiger charge is 2.13. The van der Waals surface area contributed by atoms with Gasteiger partial charge in [0.05, 0.1) is 6.54 Å². The Hall–Kier alpha value is -1.97. The van der Waals surface area contributed by atoms with Gasteiger partial charge in [-0.2, -0.15) is 5.26 Å². The predicted molar refractivity (Wildman–Crippen MR) is 70.4 cm³/mol. The Balaban J connectivity index is 2.75. The molecule has 0 saturated heterocycles. The monoisotopic (exact) mass is 262 g/mol. The van der Waals surface area contributed by atoms with E-state index in [1.807, 2.05) is 25.1 Å². The van der Waals surface area contributed by atoms with Gasteiger partial charge in [-0.1, -0.05) is 6.07 Å². The maximum atomic E-state index is 10.9. The van der Waals surface area contributed by atoms with Crippen LogP contribution in [0.4, 0.5) is 0 Å². The second-order valence-electron chi connectivity index (χ2n) is 4.53. The van der Waals surface area contributed by atoms with Crippen LogP contribution in [0.1, 0.15) is 11.3 Å². The summed E-state index contributed by atoms with van der Waals surface area (Å²) in [6.45, 7) is 1.75. The highest BCUT2D eigenvalue weighted by Crippen LogP contribution is 2.08. The van der Waals surface area contributed by atoms with Crippen molar-refractivity contribution in [3.63, 3.8) is 0 Å². The van der Waals surface area contributed by atoms with E-state index in [1.54, 1.807) is 23.2 Å². The molecule has 0 fully saturated rings. The number of nitrogens with zero attached hydrogens (tertiary/aromatic N) is 4. The first kappa shape index (κ1) is 15.1. The van der Waals surface area contributed by atoms with Gasteiger partial charge in [0, 0.05) is 31.4 Å². The van der Waals surface area contributed by atoms with Gasteiger partial charge in [-0.25, -0.2) is 4.98 Å². The molecule has 1 aromatic rings. The normalized spacial score (nSPS) is 10.7. The molecule has 6 heteroatoms. The van der Waals surface area contributed by atoms with Crippen LogP contribution in [0, 0.1) is 11.3 Å². The zero-order valence-corrected chi connectivity index (χ0v) is 11.2. The van der Waals surface area contributed by atoms with Crippen LogP contribution >= 0.6 is 0 Å². The Morgan fingerprint density at radius 1 is 1.47 bits per heavy atom. The molecule has 0 aliphatic carbocycles. The van der Waals surface area contributed by atoms with E-state index in [4.69, 9.17) is 10.4 Å². The molecule has 1 rings (SSSR count). The number of nitriles is 1. The number of aromatic nitrogens is 1. The molecule has 0 aliphatic heterocycles. The standard InChI is InChI=1S/C13H18N4O2/c1-16(2)6-7-17(10-13(18)19)9-11-4-3-5-15-12(11)8-14/h3-5H,6-7,9-10H2,1-2H3,(H,18,19). The minimum absolute atomic E-state index is 0.0480. The molecular formula is C13H18N4O2. The molecule has 0 aromatic carbocycles. The molecule has 1 aromatic heterocycles. The van der Waals surface area contributed by atoms with E-state index in [0.29, 0.717) is 18.8 Å². The Bertz CT molecular complexity index is 468. The van der Waals surface area contributed by atoms with E-state index in [2.05, 4.69) is 4.98 Å². The molecular weight excluding hydrogens is 244 g/mol. The van der Waals surface area contributed by atoms with Crippen LogP contribution in [-0.4, -0.2) is 59.6 Å². The summed E-state index contributed by atoms with van der Waals surface area (Å²) in [5, 5.41) is 17.9. The van der Waals surface area contributed by atoms with Crippen LogP contribution in [0.15, 0.2) is 18.3 Å². The van der Waals surface area contributed by atoms with Gasteiger partial charge in [-0.3, -0.25) is 9.69 Å². The quantitative estimate of drug-likeness (QED) is 0.766. The average Bonchev–Trinajstić information content (AvgIpc) is 2.36. The number of aliphatic carboxylic acids is 1. The van der Waals surface area contributed by atoms with Gasteiger partial charge in [-0.05, 0) is 20.2 Å². The van der Waals surface area contributed by atoms with E-state index in [1.165, 1.54) is 0 Å². The van der Waals surface area contributed by atoms with Gasteiger partial charge in [0.1, 0.15) is 11.8 Å². The van der Waals surface area contributed by atoms with Gasteiger partial charge >= 0.3 is 5.97 Å². The van der Waals surface area contributed by atoms with Crippen molar-refractivity contribution in [3.05, 3.63) is 29.6 Å². The Morgan fingerprint density at radius 3 is 2.79 bits per heavy atom. The van der Waals surface area contributed by atoms with Crippen LogP contribution < -0.4 is 0 Å². The number of pyridine rings is 1. The predicted octanol–water partition coefficient (Wildman–Crippen LogP) is 0.401. The van der Waals surface area contributed by atoms with Gasteiger partial charge < -0.3 is 10.0 Å². The fraction of sp³-hybridized carbons (Fsp3) is 0.462. The summed E-state index contributed by atoms with van der Waals surface area (Å²) in [5.74, 6) is -0.874. The fourth-order valence-corrected chi connectivity index (χ4v) is 1.65. The second kappa shape index (κ2) is 7.46. The van der Waals surface area contributed by atoms with Gasteiger partial charge in [0.25, 0.3) is 0 Å². The molecule has 1 N–H and O–H groups in total. The molecule has 0 unspecified atom stereocenters. The number of carboxylic acid groups (broad SMARTS) is 1. The van der Waals surface area contributed by atoms with Crippen LogP contribution in [0.3, 0.4) is 0 Å². The molecule has 19 heavy (non-hydrogen) atoms. The fourth-order valence-electron chi connectivity index (χ4n) is 1.65. The van der Waals surface area contributed by atoms with Crippen LogP contribution in [0.25, 0.3) is 0 Å². The van der Waals surface area contributed by atoms with E-state index in [-0.39, 0.29) is 6.54 Å². The lowest BCUT2D eigenvalue weighted by Crippen LogP contribution is -2.35. The first-order chi connectivity index (χ1) is 9.02. The summed E-state index contributed by atoms with van der Waals surface area (Å²) in [6, 6.07) is 5.58. The van der Waals surface area contributed by atoms with Crippen LogP contribution in [0.2, 0.25) is 0 Å². The van der Waals surface area contributed by atoms with Crippen molar-refractivity contribution >= 4 is 5.97 Å². The second-order valence-corrected chi connectivity index (χ2v) is 4.53. The molecule has 0 spiro atoms. The van der Waals surface area contributed by atoms with Gasteiger partial charge in [0.15, 0.2) is 0 Å². The molecule has 102 valence electrons. The number of hydrogen-bond acceptors (Lipinski definition) is 5. The lowest BCUT2D eigenvalue weighted by atomic mass is 10.2. The Labute approximate surface area is 112 Å². The number of rotatable bonds is 7. The zero-order chi connectivity index (χ0) is 14.3. The maximum absolute atomic E-state index is 10.9. The molecule has 0 amide bonds. The summed E-state index contributed by atoms with van der Waals surface area (Å²) in [5.41, 5.74) is 1.10. The molecule has 0 saturated carbocycles. The van der Waals surface area contributed by atoms with Gasteiger partial charge in [0.2, 0.25) is 0 Å². The first-order valence-corrected chi connectivity index (χ1v) is 5.95. The number of carboxylic acids is 1. The van der Waals surface area contributed by atoms with Gasteiger partial charge in [-0.15, -0.1) is 0 Å². The highest BCUT2D eigenvalue weighted by molar-refractivity contribution is 5.69. The molecule has 0 atom stereocenters. The minimum Gasteiger partial charge on any atom is -0.480 e. The van der Waals surface area contributed by atoms with Crippen molar-refractivity contribution in [1.82, 2.24) is 14.8 Å². The SMILES string of the molecule is CN(C)CCN(CC(=O)O)Cc1cccnc1C#N. The summed E-state index contributed by atoms with van der Waals surface area (Å²) in [6.07, 6.45) is 1.56. The molecule has 6 nitrogen and oxygen atoms in total. The van der Waals surface area contributed by atoms with Crippen molar-refractivity contribution < 1.29 is 9.90 Å². The van der Waals surface area contributed by atoms with Crippen molar-refractivity contribution in [3.8, 4) is 6.07 Å². The average molecular weight is 262 g/mol. The molecule has 1 heterocycles. The molecule has 0 aliphatic rings. The summed E-state index contributed by atoms with van der Waals surface area (Å²) in [4.78, 5) is 18.6. The Kier molecular flexibility index (Phi) is 5.93. The molecule has 0 bridgehead atoms. The minimum atomic E-state index is -0.874. The highest BCUT2D eigenvalue weighted by atomic mass is 16.4. The lowest BCUT2D eigenvalue weighted by molar-refractivity contribution is -0.138. The topological polar surface area (TPSA) is 80.5 Å². The first-order valence-electron chi connectivity index (χ1n) is 5.95. The maximum Gasteiger partial charge on any atom is 0.317 e. The van der Waals surface area contributed by atoms with Crippen molar-refractivity contribution in [2.24, 2.45) is 0 Å². The lowest BCUT2D eigenvalue weighted by Gasteiger charge is -2.22. The van der Waals surface area contributed by atoms with Crippen LogP contribution in [0.5, 0.6) is 0 Å². The van der Waals surface area contributed by atoms with E-state index in [0.717, 1.165) is 12.1 Å².